The van der Waals surface area contributed by atoms with Gasteiger partial charge in [-0.1, -0.05) is 54.1 Å². The topological polar surface area (TPSA) is 49.0 Å². The molecule has 33 heavy (non-hydrogen) atoms. The van der Waals surface area contributed by atoms with Crippen molar-refractivity contribution in [3.63, 3.8) is 0 Å². The highest BCUT2D eigenvalue weighted by Gasteiger charge is 2.15. The molecule has 0 spiro atoms. The van der Waals surface area contributed by atoms with Crippen LogP contribution >= 0.6 is 0 Å². The number of benzene rings is 3. The van der Waals surface area contributed by atoms with Crippen molar-refractivity contribution in [1.82, 2.24) is 4.57 Å². The number of aryl methyl sites for hydroxylation is 3. The minimum Gasteiger partial charge on any atom is -0.345 e. The van der Waals surface area contributed by atoms with Crippen LogP contribution in [0.4, 0.5) is 11.4 Å². The van der Waals surface area contributed by atoms with Gasteiger partial charge in [0.25, 0.3) is 5.56 Å². The lowest BCUT2D eigenvalue weighted by Crippen LogP contribution is -2.26. The molecule has 4 nitrogen and oxygen atoms in total. The van der Waals surface area contributed by atoms with Gasteiger partial charge in [0.2, 0.25) is 0 Å². The molecule has 4 aromatic rings. The molecule has 0 amide bonds. The number of anilines is 2. The normalized spacial score (nSPS) is 10.6. The Labute approximate surface area is 195 Å². The van der Waals surface area contributed by atoms with Crippen molar-refractivity contribution >= 4 is 11.4 Å². The summed E-state index contributed by atoms with van der Waals surface area (Å²) in [4.78, 5) is 15.4. The van der Waals surface area contributed by atoms with E-state index in [1.807, 2.05) is 50.4 Å². The molecule has 3 aromatic carbocycles. The second-order valence-corrected chi connectivity index (χ2v) is 8.46. The fourth-order valence-corrected chi connectivity index (χ4v) is 4.15. The monoisotopic (exact) mass is 433 g/mol. The van der Waals surface area contributed by atoms with Crippen molar-refractivity contribution in [1.29, 1.82) is 5.26 Å². The largest absolute Gasteiger partial charge is 0.345 e. The Bertz CT molecular complexity index is 1390. The predicted molar refractivity (Wildman–Crippen MR) is 135 cm³/mol. The molecule has 0 aliphatic heterocycles. The maximum absolute atomic E-state index is 13.3. The molecule has 0 atom stereocenters. The van der Waals surface area contributed by atoms with Gasteiger partial charge in [-0.15, -0.1) is 0 Å². The molecular weight excluding hydrogens is 406 g/mol. The summed E-state index contributed by atoms with van der Waals surface area (Å²) >= 11 is 0. The molecule has 0 saturated carbocycles. The van der Waals surface area contributed by atoms with Crippen molar-refractivity contribution in [3.05, 3.63) is 117 Å². The molecule has 0 fully saturated rings. The fraction of sp³-hybridized carbons (Fsp3) is 0.172. The third-order valence-corrected chi connectivity index (χ3v) is 6.13. The van der Waals surface area contributed by atoms with Crippen LogP contribution in [0.25, 0.3) is 11.3 Å². The lowest BCUT2D eigenvalue weighted by Gasteiger charge is -2.21. The average Bonchev–Trinajstić information content (AvgIpc) is 2.82. The van der Waals surface area contributed by atoms with Crippen LogP contribution in [0.3, 0.4) is 0 Å². The van der Waals surface area contributed by atoms with Crippen molar-refractivity contribution < 1.29 is 0 Å². The molecule has 4 heteroatoms. The molecule has 0 radical (unpaired) electrons. The molecule has 0 bridgehead atoms. The van der Waals surface area contributed by atoms with Crippen molar-refractivity contribution in [3.8, 4) is 17.3 Å². The summed E-state index contributed by atoms with van der Waals surface area (Å²) in [5.74, 6) is 0. The van der Waals surface area contributed by atoms with E-state index in [0.29, 0.717) is 12.1 Å². The summed E-state index contributed by atoms with van der Waals surface area (Å²) in [5, 5.41) is 9.58. The van der Waals surface area contributed by atoms with Gasteiger partial charge in [0.1, 0.15) is 11.6 Å². The summed E-state index contributed by atoms with van der Waals surface area (Å²) < 4.78 is 1.72. The predicted octanol–water partition coefficient (Wildman–Crippen LogP) is 6.13. The van der Waals surface area contributed by atoms with Gasteiger partial charge in [-0.25, -0.2) is 0 Å². The molecule has 0 unspecified atom stereocenters. The Morgan fingerprint density at radius 3 is 2.15 bits per heavy atom. The minimum atomic E-state index is -0.252. The summed E-state index contributed by atoms with van der Waals surface area (Å²) in [6.07, 6.45) is 0. The first-order chi connectivity index (χ1) is 15.9. The smallest absolute Gasteiger partial charge is 0.269 e. The van der Waals surface area contributed by atoms with Gasteiger partial charge < -0.3 is 9.47 Å². The Hall–Kier alpha value is -4.10. The highest BCUT2D eigenvalue weighted by molar-refractivity contribution is 5.68. The standard InChI is InChI=1S/C29H27N3O/c1-20-10-11-24(21(2)16-20)19-32-28(17-22(3)27(18-30)29(32)33)23-12-14-26(15-13-23)31(4)25-8-6-5-7-9-25/h5-17H,19H2,1-4H3. The number of nitriles is 1. The molecule has 1 heterocycles. The Balaban J connectivity index is 1.78. The van der Waals surface area contributed by atoms with Gasteiger partial charge in [-0.2, -0.15) is 5.26 Å². The van der Waals surface area contributed by atoms with Gasteiger partial charge in [-0.05, 0) is 73.4 Å². The molecule has 0 saturated heterocycles. The first-order valence-electron chi connectivity index (χ1n) is 11.0. The number of hydrogen-bond donors (Lipinski definition) is 0. The van der Waals surface area contributed by atoms with E-state index in [4.69, 9.17) is 0 Å². The van der Waals surface area contributed by atoms with Gasteiger partial charge in [0.15, 0.2) is 0 Å². The quantitative estimate of drug-likeness (QED) is 0.380. The van der Waals surface area contributed by atoms with E-state index < -0.39 is 0 Å². The fourth-order valence-electron chi connectivity index (χ4n) is 4.15. The van der Waals surface area contributed by atoms with E-state index in [1.165, 1.54) is 5.56 Å². The van der Waals surface area contributed by atoms with Crippen LogP contribution in [0, 0.1) is 32.1 Å². The lowest BCUT2D eigenvalue weighted by atomic mass is 10.0. The number of aromatic nitrogens is 1. The molecular formula is C29H27N3O. The van der Waals surface area contributed by atoms with Gasteiger partial charge >= 0.3 is 0 Å². The Morgan fingerprint density at radius 1 is 0.848 bits per heavy atom. The van der Waals surface area contributed by atoms with Crippen LogP contribution in [0.1, 0.15) is 27.8 Å². The van der Waals surface area contributed by atoms with E-state index in [0.717, 1.165) is 33.8 Å². The maximum Gasteiger partial charge on any atom is 0.269 e. The third kappa shape index (κ3) is 4.44. The summed E-state index contributed by atoms with van der Waals surface area (Å²) in [6, 6.07) is 28.6. The number of pyridine rings is 1. The maximum atomic E-state index is 13.3. The number of rotatable bonds is 5. The van der Waals surface area contributed by atoms with Crippen molar-refractivity contribution in [2.24, 2.45) is 0 Å². The Kier molecular flexibility index (Phi) is 6.15. The molecule has 0 N–H and O–H groups in total. The second kappa shape index (κ2) is 9.18. The van der Waals surface area contributed by atoms with Crippen LogP contribution in [0.5, 0.6) is 0 Å². The summed E-state index contributed by atoms with van der Waals surface area (Å²) in [6.45, 7) is 6.35. The van der Waals surface area contributed by atoms with Gasteiger partial charge in [0, 0.05) is 18.4 Å². The molecule has 0 aliphatic rings. The SMILES string of the molecule is Cc1ccc(Cn2c(-c3ccc(N(C)c4ccccc4)cc3)cc(C)c(C#N)c2=O)c(C)c1. The zero-order valence-electron chi connectivity index (χ0n) is 19.5. The van der Waals surface area contributed by atoms with E-state index in [2.05, 4.69) is 67.3 Å². The number of hydrogen-bond acceptors (Lipinski definition) is 3. The zero-order chi connectivity index (χ0) is 23.5. The zero-order valence-corrected chi connectivity index (χ0v) is 19.5. The van der Waals surface area contributed by atoms with E-state index in [9.17, 15) is 10.1 Å². The van der Waals surface area contributed by atoms with Crippen LogP contribution in [0.15, 0.2) is 83.7 Å². The average molecular weight is 434 g/mol. The molecule has 4 rings (SSSR count). The molecule has 164 valence electrons. The van der Waals surface area contributed by atoms with Crippen LogP contribution < -0.4 is 10.5 Å². The number of para-hydroxylation sites is 1. The molecule has 1 aromatic heterocycles. The Morgan fingerprint density at radius 2 is 1.52 bits per heavy atom. The summed E-state index contributed by atoms with van der Waals surface area (Å²) in [7, 11) is 2.03. The van der Waals surface area contributed by atoms with Crippen molar-refractivity contribution in [2.45, 2.75) is 27.3 Å². The van der Waals surface area contributed by atoms with Crippen molar-refractivity contribution in [2.75, 3.05) is 11.9 Å². The third-order valence-electron chi connectivity index (χ3n) is 6.13. The van der Waals surface area contributed by atoms with Crippen LogP contribution in [-0.4, -0.2) is 11.6 Å². The van der Waals surface area contributed by atoms with E-state index in [1.54, 1.807) is 4.57 Å². The van der Waals surface area contributed by atoms with Gasteiger partial charge in [0.05, 0.1) is 12.2 Å². The minimum absolute atomic E-state index is 0.198. The first-order valence-corrected chi connectivity index (χ1v) is 11.0. The van der Waals surface area contributed by atoms with Crippen LogP contribution in [0.2, 0.25) is 0 Å². The highest BCUT2D eigenvalue weighted by atomic mass is 16.1. The summed E-state index contributed by atoms with van der Waals surface area (Å²) in [5.41, 5.74) is 7.93. The van der Waals surface area contributed by atoms with E-state index >= 15 is 0 Å². The lowest BCUT2D eigenvalue weighted by molar-refractivity contribution is 0.758. The highest BCUT2D eigenvalue weighted by Crippen LogP contribution is 2.28. The van der Waals surface area contributed by atoms with Gasteiger partial charge in [-0.3, -0.25) is 4.79 Å². The van der Waals surface area contributed by atoms with Crippen LogP contribution in [-0.2, 0) is 6.54 Å². The number of nitrogens with zero attached hydrogens (tertiary/aromatic N) is 3. The first kappa shape index (κ1) is 22.1. The molecule has 0 aliphatic carbocycles. The second-order valence-electron chi connectivity index (χ2n) is 8.46. The van der Waals surface area contributed by atoms with E-state index in [-0.39, 0.29) is 11.1 Å².